The fourth-order valence-electron chi connectivity index (χ4n) is 4.27. The molecule has 0 aromatic heterocycles. The normalized spacial score (nSPS) is 32.2. The fourth-order valence-corrected chi connectivity index (χ4v) is 4.27. The predicted octanol–water partition coefficient (Wildman–Crippen LogP) is 8.54. The molecule has 1 aliphatic rings. The molecule has 0 aliphatic heterocycles. The lowest BCUT2D eigenvalue weighted by Gasteiger charge is -2.15. The Balaban J connectivity index is 2.22. The molecule has 0 radical (unpaired) electrons. The molecule has 138 valence electrons. The van der Waals surface area contributed by atoms with Gasteiger partial charge in [-0.1, -0.05) is 130 Å². The minimum absolute atomic E-state index is 0.964. The second kappa shape index (κ2) is 14.4. The Hall–Kier alpha value is 0. The van der Waals surface area contributed by atoms with Gasteiger partial charge in [-0.3, -0.25) is 0 Å². The van der Waals surface area contributed by atoms with Crippen LogP contribution in [0.4, 0.5) is 0 Å². The van der Waals surface area contributed by atoms with E-state index in [0.717, 1.165) is 17.8 Å². The van der Waals surface area contributed by atoms with E-state index in [1.54, 1.807) is 0 Å². The molecular formula is C23H46. The van der Waals surface area contributed by atoms with Crippen molar-refractivity contribution < 1.29 is 0 Å². The Morgan fingerprint density at radius 1 is 0.304 bits per heavy atom. The van der Waals surface area contributed by atoms with Crippen LogP contribution in [0.3, 0.4) is 0 Å². The largest absolute Gasteiger partial charge is 0.0625 e. The fraction of sp³-hybridized carbons (Fsp3) is 1.00. The van der Waals surface area contributed by atoms with Crippen LogP contribution in [-0.4, -0.2) is 0 Å². The first-order valence-electron chi connectivity index (χ1n) is 11.2. The highest BCUT2D eigenvalue weighted by Gasteiger charge is 2.07. The summed E-state index contributed by atoms with van der Waals surface area (Å²) in [6.45, 7) is 7.45. The van der Waals surface area contributed by atoms with Gasteiger partial charge in [0.1, 0.15) is 0 Å². The molecule has 0 heterocycles. The zero-order valence-electron chi connectivity index (χ0n) is 16.8. The summed E-state index contributed by atoms with van der Waals surface area (Å²) in [6, 6.07) is 0. The smallest absolute Gasteiger partial charge is 0.0443 e. The molecular weight excluding hydrogens is 276 g/mol. The molecule has 0 amide bonds. The standard InChI is InChI=1S/C23H46/c1-21-15-9-7-5-4-6-8-10-16-22(2)18-12-14-20-23(3)19-13-11-17-21/h21-23H,4-20H2,1-3H3. The third-order valence-corrected chi connectivity index (χ3v) is 6.18. The van der Waals surface area contributed by atoms with Gasteiger partial charge in [0.15, 0.2) is 0 Å². The van der Waals surface area contributed by atoms with Crippen molar-refractivity contribution in [2.24, 2.45) is 17.8 Å². The molecule has 0 saturated heterocycles. The van der Waals surface area contributed by atoms with Gasteiger partial charge in [0.25, 0.3) is 0 Å². The topological polar surface area (TPSA) is 0 Å². The lowest BCUT2D eigenvalue weighted by molar-refractivity contribution is 0.384. The molecule has 1 fully saturated rings. The van der Waals surface area contributed by atoms with Gasteiger partial charge in [-0.15, -0.1) is 0 Å². The van der Waals surface area contributed by atoms with Gasteiger partial charge in [0, 0.05) is 0 Å². The van der Waals surface area contributed by atoms with Gasteiger partial charge in [0.2, 0.25) is 0 Å². The van der Waals surface area contributed by atoms with Crippen LogP contribution in [0.2, 0.25) is 0 Å². The number of rotatable bonds is 0. The quantitative estimate of drug-likeness (QED) is 0.419. The van der Waals surface area contributed by atoms with Crippen LogP contribution in [0, 0.1) is 17.8 Å². The summed E-state index contributed by atoms with van der Waals surface area (Å²) in [5, 5.41) is 0. The predicted molar refractivity (Wildman–Crippen MR) is 106 cm³/mol. The zero-order chi connectivity index (χ0) is 16.8. The minimum atomic E-state index is 0.964. The molecule has 0 bridgehead atoms. The number of hydrogen-bond acceptors (Lipinski definition) is 0. The van der Waals surface area contributed by atoms with Crippen LogP contribution >= 0.6 is 0 Å². The summed E-state index contributed by atoms with van der Waals surface area (Å²) >= 11 is 0. The molecule has 0 heteroatoms. The third-order valence-electron chi connectivity index (χ3n) is 6.18. The first-order valence-corrected chi connectivity index (χ1v) is 11.2. The highest BCUT2D eigenvalue weighted by Crippen LogP contribution is 2.23. The summed E-state index contributed by atoms with van der Waals surface area (Å²) in [5.74, 6) is 2.90. The van der Waals surface area contributed by atoms with Crippen molar-refractivity contribution in [3.05, 3.63) is 0 Å². The highest BCUT2D eigenvalue weighted by molar-refractivity contribution is 4.60. The second-order valence-electron chi connectivity index (χ2n) is 8.94. The molecule has 0 N–H and O–H groups in total. The summed E-state index contributed by atoms with van der Waals surface area (Å²) in [5.41, 5.74) is 0. The van der Waals surface area contributed by atoms with Crippen molar-refractivity contribution in [2.75, 3.05) is 0 Å². The lowest BCUT2D eigenvalue weighted by Crippen LogP contribution is -2.00. The van der Waals surface area contributed by atoms with Gasteiger partial charge >= 0.3 is 0 Å². The van der Waals surface area contributed by atoms with E-state index in [1.807, 2.05) is 0 Å². The van der Waals surface area contributed by atoms with Crippen molar-refractivity contribution in [3.63, 3.8) is 0 Å². The molecule has 0 spiro atoms. The Bertz CT molecular complexity index is 220. The summed E-state index contributed by atoms with van der Waals surface area (Å²) in [7, 11) is 0. The van der Waals surface area contributed by atoms with Gasteiger partial charge < -0.3 is 0 Å². The first kappa shape index (κ1) is 21.0. The molecule has 23 heavy (non-hydrogen) atoms. The maximum absolute atomic E-state index is 2.48. The Morgan fingerprint density at radius 3 is 0.739 bits per heavy atom. The lowest BCUT2D eigenvalue weighted by atomic mass is 9.91. The van der Waals surface area contributed by atoms with E-state index in [1.165, 1.54) is 109 Å². The molecule has 1 rings (SSSR count). The maximum Gasteiger partial charge on any atom is -0.0443 e. The molecule has 0 aromatic rings. The molecule has 0 aromatic carbocycles. The van der Waals surface area contributed by atoms with Gasteiger partial charge in [-0.25, -0.2) is 0 Å². The minimum Gasteiger partial charge on any atom is -0.0625 e. The summed E-state index contributed by atoms with van der Waals surface area (Å²) in [4.78, 5) is 0. The molecule has 0 nitrogen and oxygen atoms in total. The van der Waals surface area contributed by atoms with Crippen LogP contribution in [0.15, 0.2) is 0 Å². The van der Waals surface area contributed by atoms with E-state index >= 15 is 0 Å². The highest BCUT2D eigenvalue weighted by atomic mass is 14.1. The van der Waals surface area contributed by atoms with Crippen molar-refractivity contribution in [3.8, 4) is 0 Å². The number of hydrogen-bond donors (Lipinski definition) is 0. The van der Waals surface area contributed by atoms with E-state index in [-0.39, 0.29) is 0 Å². The average molecular weight is 323 g/mol. The van der Waals surface area contributed by atoms with Crippen LogP contribution < -0.4 is 0 Å². The molecule has 2 atom stereocenters. The maximum atomic E-state index is 2.48. The van der Waals surface area contributed by atoms with Gasteiger partial charge in [-0.2, -0.15) is 0 Å². The molecule has 1 aliphatic carbocycles. The Morgan fingerprint density at radius 2 is 0.478 bits per heavy atom. The van der Waals surface area contributed by atoms with E-state index in [9.17, 15) is 0 Å². The van der Waals surface area contributed by atoms with E-state index in [0.29, 0.717) is 0 Å². The van der Waals surface area contributed by atoms with E-state index in [4.69, 9.17) is 0 Å². The summed E-state index contributed by atoms with van der Waals surface area (Å²) in [6.07, 6.45) is 25.1. The Kier molecular flexibility index (Phi) is 13.1. The van der Waals surface area contributed by atoms with E-state index < -0.39 is 0 Å². The average Bonchev–Trinajstić information content (AvgIpc) is 2.53. The van der Waals surface area contributed by atoms with Crippen LogP contribution in [0.5, 0.6) is 0 Å². The van der Waals surface area contributed by atoms with E-state index in [2.05, 4.69) is 20.8 Å². The van der Waals surface area contributed by atoms with Crippen molar-refractivity contribution >= 4 is 0 Å². The van der Waals surface area contributed by atoms with Crippen molar-refractivity contribution in [2.45, 2.75) is 130 Å². The third kappa shape index (κ3) is 13.0. The Labute approximate surface area is 148 Å². The van der Waals surface area contributed by atoms with Crippen LogP contribution in [0.1, 0.15) is 130 Å². The molecule has 2 unspecified atom stereocenters. The van der Waals surface area contributed by atoms with Crippen molar-refractivity contribution in [1.82, 2.24) is 0 Å². The van der Waals surface area contributed by atoms with Crippen molar-refractivity contribution in [1.29, 1.82) is 0 Å². The van der Waals surface area contributed by atoms with Gasteiger partial charge in [-0.05, 0) is 17.8 Å². The van der Waals surface area contributed by atoms with Crippen LogP contribution in [0.25, 0.3) is 0 Å². The van der Waals surface area contributed by atoms with Crippen LogP contribution in [-0.2, 0) is 0 Å². The molecule has 1 saturated carbocycles. The zero-order valence-corrected chi connectivity index (χ0v) is 16.8. The van der Waals surface area contributed by atoms with Gasteiger partial charge in [0.05, 0.1) is 0 Å². The first-order chi connectivity index (χ1) is 11.2. The second-order valence-corrected chi connectivity index (χ2v) is 8.94. The monoisotopic (exact) mass is 322 g/mol. The SMILES string of the molecule is CC1CCCCCCCCCC(C)CCCCC(C)CCCC1. The summed E-state index contributed by atoms with van der Waals surface area (Å²) < 4.78 is 0.